The molecule has 0 bridgehead atoms. The normalized spacial score (nSPS) is 16.4. The number of halogens is 3. The molecule has 0 spiro atoms. The van der Waals surface area contributed by atoms with Crippen molar-refractivity contribution in [3.63, 3.8) is 0 Å². The zero-order valence-corrected chi connectivity index (χ0v) is 10.4. The first kappa shape index (κ1) is 13.6. The Morgan fingerprint density at radius 3 is 2.11 bits per heavy atom. The lowest BCUT2D eigenvalue weighted by atomic mass is 10.2. The van der Waals surface area contributed by atoms with Crippen LogP contribution in [0.2, 0.25) is 0 Å². The summed E-state index contributed by atoms with van der Waals surface area (Å²) >= 11 is 0. The number of alkyl halides is 3. The first-order valence-corrected chi connectivity index (χ1v) is 5.95. The second-order valence-electron chi connectivity index (χ2n) is 4.25. The van der Waals surface area contributed by atoms with Crippen LogP contribution in [0.15, 0.2) is 37.0 Å². The van der Waals surface area contributed by atoms with Crippen LogP contribution >= 0.6 is 0 Å². The molecule has 0 aromatic heterocycles. The highest BCUT2D eigenvalue weighted by atomic mass is 19.4. The third kappa shape index (κ3) is 3.81. The van der Waals surface area contributed by atoms with Gasteiger partial charge in [-0.25, -0.2) is 0 Å². The number of benzene rings is 1. The maximum Gasteiger partial charge on any atom is 0.573 e. The van der Waals surface area contributed by atoms with E-state index < -0.39 is 6.36 Å². The van der Waals surface area contributed by atoms with Crippen molar-refractivity contribution in [2.45, 2.75) is 6.36 Å². The molecule has 6 heteroatoms. The minimum absolute atomic E-state index is 0.194. The molecule has 1 saturated heterocycles. The second-order valence-corrected chi connectivity index (χ2v) is 4.25. The first-order valence-electron chi connectivity index (χ1n) is 5.95. The predicted molar refractivity (Wildman–Crippen MR) is 67.1 cm³/mol. The van der Waals surface area contributed by atoms with E-state index in [9.17, 15) is 13.2 Å². The molecule has 0 N–H and O–H groups in total. The van der Waals surface area contributed by atoms with Gasteiger partial charge in [0.25, 0.3) is 0 Å². The van der Waals surface area contributed by atoms with Crippen LogP contribution in [0.1, 0.15) is 0 Å². The fourth-order valence-electron chi connectivity index (χ4n) is 2.02. The van der Waals surface area contributed by atoms with Crippen molar-refractivity contribution in [2.24, 2.45) is 0 Å². The van der Waals surface area contributed by atoms with E-state index in [1.807, 2.05) is 0 Å². The summed E-state index contributed by atoms with van der Waals surface area (Å²) in [5.74, 6) is -0.194. The molecule has 3 nitrogen and oxygen atoms in total. The number of nitrogens with zero attached hydrogens (tertiary/aromatic N) is 2. The zero-order chi connectivity index (χ0) is 13.9. The molecule has 1 heterocycles. The zero-order valence-electron chi connectivity index (χ0n) is 10.4. The van der Waals surface area contributed by atoms with Crippen molar-refractivity contribution >= 4 is 5.69 Å². The summed E-state index contributed by atoms with van der Waals surface area (Å²) in [6, 6.07) is 5.96. The van der Waals surface area contributed by atoms with Crippen LogP contribution in [0.3, 0.4) is 0 Å². The Hall–Kier alpha value is -1.85. The van der Waals surface area contributed by atoms with Gasteiger partial charge >= 0.3 is 6.36 Å². The van der Waals surface area contributed by atoms with Gasteiger partial charge in [0.15, 0.2) is 0 Å². The molecule has 104 valence electrons. The summed E-state index contributed by atoms with van der Waals surface area (Å²) in [4.78, 5) is 4.23. The highest BCUT2D eigenvalue weighted by Gasteiger charge is 2.31. The molecule has 1 aliphatic rings. The minimum Gasteiger partial charge on any atom is -0.406 e. The molecule has 0 amide bonds. The van der Waals surface area contributed by atoms with Crippen molar-refractivity contribution in [3.8, 4) is 5.75 Å². The lowest BCUT2D eigenvalue weighted by Crippen LogP contribution is -2.43. The van der Waals surface area contributed by atoms with Crippen LogP contribution < -0.4 is 9.64 Å². The Bertz CT molecular complexity index is 423. The average molecular weight is 272 g/mol. The molecule has 2 rings (SSSR count). The molecule has 0 aliphatic carbocycles. The van der Waals surface area contributed by atoms with E-state index >= 15 is 0 Å². The van der Waals surface area contributed by atoms with Crippen molar-refractivity contribution in [1.82, 2.24) is 4.90 Å². The van der Waals surface area contributed by atoms with Gasteiger partial charge in [-0.2, -0.15) is 0 Å². The minimum atomic E-state index is -4.64. The van der Waals surface area contributed by atoms with Crippen LogP contribution in [0.5, 0.6) is 5.75 Å². The Balaban J connectivity index is 1.97. The molecule has 0 unspecified atom stereocenters. The molecular weight excluding hydrogens is 257 g/mol. The van der Waals surface area contributed by atoms with Gasteiger partial charge in [-0.1, -0.05) is 6.58 Å². The van der Waals surface area contributed by atoms with Crippen molar-refractivity contribution in [1.29, 1.82) is 0 Å². The van der Waals surface area contributed by atoms with Crippen LogP contribution in [-0.2, 0) is 0 Å². The van der Waals surface area contributed by atoms with E-state index in [0.29, 0.717) is 0 Å². The second kappa shape index (κ2) is 5.42. The molecule has 1 aromatic carbocycles. The number of ether oxygens (including phenoxy) is 1. The maximum absolute atomic E-state index is 12.0. The highest BCUT2D eigenvalue weighted by Crippen LogP contribution is 2.25. The van der Waals surface area contributed by atoms with Gasteiger partial charge in [0.1, 0.15) is 5.75 Å². The molecule has 0 saturated carbocycles. The van der Waals surface area contributed by atoms with Gasteiger partial charge in [0.05, 0.1) is 0 Å². The lowest BCUT2D eigenvalue weighted by Gasteiger charge is -2.35. The summed E-state index contributed by atoms with van der Waals surface area (Å²) in [7, 11) is 0. The van der Waals surface area contributed by atoms with Gasteiger partial charge < -0.3 is 14.5 Å². The van der Waals surface area contributed by atoms with E-state index in [1.54, 1.807) is 18.3 Å². The first-order chi connectivity index (χ1) is 8.98. The van der Waals surface area contributed by atoms with Gasteiger partial charge in [0, 0.05) is 31.9 Å². The third-order valence-electron chi connectivity index (χ3n) is 3.01. The SMILES string of the molecule is C=CN1CCN(c2ccc(OC(F)(F)F)cc2)CC1. The van der Waals surface area contributed by atoms with Crippen LogP contribution in [0.4, 0.5) is 18.9 Å². The Morgan fingerprint density at radius 1 is 1.05 bits per heavy atom. The number of anilines is 1. The van der Waals surface area contributed by atoms with Crippen LogP contribution in [0, 0.1) is 0 Å². The lowest BCUT2D eigenvalue weighted by molar-refractivity contribution is -0.274. The molecule has 19 heavy (non-hydrogen) atoms. The molecular formula is C13H15F3N2O. The monoisotopic (exact) mass is 272 g/mol. The number of rotatable bonds is 3. The largest absolute Gasteiger partial charge is 0.573 e. The average Bonchev–Trinajstić information content (AvgIpc) is 2.38. The fourth-order valence-corrected chi connectivity index (χ4v) is 2.02. The number of hydrogen-bond acceptors (Lipinski definition) is 3. The number of hydrogen-bond donors (Lipinski definition) is 0. The van der Waals surface area contributed by atoms with E-state index in [1.165, 1.54) is 12.1 Å². The third-order valence-corrected chi connectivity index (χ3v) is 3.01. The quantitative estimate of drug-likeness (QED) is 0.841. The Kier molecular flexibility index (Phi) is 3.87. The highest BCUT2D eigenvalue weighted by molar-refractivity contribution is 5.49. The van der Waals surface area contributed by atoms with Gasteiger partial charge in [-0.05, 0) is 30.5 Å². The van der Waals surface area contributed by atoms with E-state index in [2.05, 4.69) is 21.1 Å². The summed E-state index contributed by atoms with van der Waals surface area (Å²) < 4.78 is 39.9. The summed E-state index contributed by atoms with van der Waals surface area (Å²) in [5.41, 5.74) is 0.901. The smallest absolute Gasteiger partial charge is 0.406 e. The molecule has 1 fully saturated rings. The van der Waals surface area contributed by atoms with Crippen molar-refractivity contribution < 1.29 is 17.9 Å². The molecule has 0 radical (unpaired) electrons. The van der Waals surface area contributed by atoms with Crippen molar-refractivity contribution in [3.05, 3.63) is 37.0 Å². The summed E-state index contributed by atoms with van der Waals surface area (Å²) in [6.07, 6.45) is -2.84. The molecule has 1 aliphatic heterocycles. The number of piperazine rings is 1. The fraction of sp³-hybridized carbons (Fsp3) is 0.385. The Morgan fingerprint density at radius 2 is 1.63 bits per heavy atom. The predicted octanol–water partition coefficient (Wildman–Crippen LogP) is 2.85. The van der Waals surface area contributed by atoms with Crippen molar-refractivity contribution in [2.75, 3.05) is 31.1 Å². The summed E-state index contributed by atoms with van der Waals surface area (Å²) in [5, 5.41) is 0. The van der Waals surface area contributed by atoms with Gasteiger partial charge in [-0.3, -0.25) is 0 Å². The van der Waals surface area contributed by atoms with E-state index in [-0.39, 0.29) is 5.75 Å². The van der Waals surface area contributed by atoms with Crippen LogP contribution in [0.25, 0.3) is 0 Å². The van der Waals surface area contributed by atoms with Gasteiger partial charge in [0.2, 0.25) is 0 Å². The molecule has 0 atom stereocenters. The standard InChI is InChI=1S/C13H15F3N2O/c1-2-17-7-9-18(10-8-17)11-3-5-12(6-4-11)19-13(14,15)16/h2-6H,1,7-10H2. The summed E-state index contributed by atoms with van der Waals surface area (Å²) in [6.45, 7) is 7.09. The maximum atomic E-state index is 12.0. The molecule has 1 aromatic rings. The van der Waals surface area contributed by atoms with Gasteiger partial charge in [-0.15, -0.1) is 13.2 Å². The Labute approximate surface area is 109 Å². The topological polar surface area (TPSA) is 15.7 Å². The van der Waals surface area contributed by atoms with E-state index in [0.717, 1.165) is 31.9 Å². The van der Waals surface area contributed by atoms with Crippen LogP contribution in [-0.4, -0.2) is 37.4 Å². The van der Waals surface area contributed by atoms with E-state index in [4.69, 9.17) is 0 Å².